The van der Waals surface area contributed by atoms with Crippen LogP contribution in [0.4, 0.5) is 31.7 Å². The van der Waals surface area contributed by atoms with Crippen LogP contribution < -0.4 is 20.9 Å². The van der Waals surface area contributed by atoms with Crippen LogP contribution in [0.2, 0.25) is 0 Å². The molecule has 0 spiro atoms. The van der Waals surface area contributed by atoms with Crippen molar-refractivity contribution in [3.8, 4) is 11.1 Å². The minimum atomic E-state index is -2.85. The molecule has 264 valence electrons. The van der Waals surface area contributed by atoms with Gasteiger partial charge < -0.3 is 25.8 Å². The fourth-order valence-corrected chi connectivity index (χ4v) is 7.03. The van der Waals surface area contributed by atoms with E-state index in [-0.39, 0.29) is 48.0 Å². The number of amides is 3. The Kier molecular flexibility index (Phi) is 8.12. The Morgan fingerprint density at radius 2 is 1.82 bits per heavy atom. The molecule has 14 nitrogen and oxygen atoms in total. The van der Waals surface area contributed by atoms with Crippen LogP contribution in [0.15, 0.2) is 48.7 Å². The second kappa shape index (κ2) is 12.7. The van der Waals surface area contributed by atoms with E-state index < -0.39 is 24.3 Å². The summed E-state index contributed by atoms with van der Waals surface area (Å²) in [4.78, 5) is 48.0. The molecule has 3 amide bonds. The Labute approximate surface area is 292 Å². The van der Waals surface area contributed by atoms with E-state index in [1.54, 1.807) is 18.2 Å². The number of likely N-dealkylation sites (tertiary alicyclic amines) is 2. The van der Waals surface area contributed by atoms with Crippen LogP contribution in [0, 0.1) is 5.92 Å². The maximum atomic E-state index is 13.7. The number of benzene rings is 1. The van der Waals surface area contributed by atoms with Gasteiger partial charge in [0.15, 0.2) is 11.5 Å². The zero-order valence-corrected chi connectivity index (χ0v) is 28.2. The lowest BCUT2D eigenvalue weighted by Crippen LogP contribution is -2.48. The van der Waals surface area contributed by atoms with Crippen LogP contribution in [0.1, 0.15) is 57.7 Å². The SMILES string of the molecule is CNC(=O)c1nnc(NC(=O)C2CC2)cc1Nc1cccc2c1N(C)Cc1c-2cnn1C1CN(Cc2cccc(C(=O)N3CCC(F)(F)C3)n2)C1. The number of rotatable bonds is 9. The second-order valence-electron chi connectivity index (χ2n) is 13.7. The second-order valence-corrected chi connectivity index (χ2v) is 13.7. The molecule has 3 aromatic heterocycles. The van der Waals surface area contributed by atoms with Gasteiger partial charge in [-0.15, -0.1) is 10.2 Å². The standard InChI is InChI=1S/C35H37F2N11O3/c1-38-33(50)30-27(13-29(43-44-30)42-32(49)20-9-10-20)41-25-7-4-6-23-24-14-39-48(28(24)18-45(2)31(23)25)22-16-46(17-22)15-21-5-3-8-26(40-21)34(51)47-12-11-35(36,37)19-47/h3-8,13-14,20,22H,9-12,15-19H2,1-2H3,(H,38,50)(H2,41,42,43,49). The minimum Gasteiger partial charge on any atom is -0.366 e. The summed E-state index contributed by atoms with van der Waals surface area (Å²) in [5.74, 6) is -3.57. The molecule has 0 atom stereocenters. The molecule has 0 radical (unpaired) electrons. The number of fused-ring (bicyclic) bond motifs is 3. The lowest BCUT2D eigenvalue weighted by Gasteiger charge is -2.40. The predicted octanol–water partition coefficient (Wildman–Crippen LogP) is 3.67. The molecule has 3 fully saturated rings. The van der Waals surface area contributed by atoms with E-state index in [0.29, 0.717) is 24.5 Å². The fraction of sp³-hybridized carbons (Fsp3) is 0.400. The van der Waals surface area contributed by atoms with Crippen molar-refractivity contribution < 1.29 is 23.2 Å². The Balaban J connectivity index is 0.976. The zero-order valence-electron chi connectivity index (χ0n) is 28.2. The number of nitrogens with zero attached hydrogens (tertiary/aromatic N) is 8. The van der Waals surface area contributed by atoms with E-state index in [9.17, 15) is 23.2 Å². The summed E-state index contributed by atoms with van der Waals surface area (Å²) < 4.78 is 29.4. The highest BCUT2D eigenvalue weighted by Gasteiger charge is 2.41. The van der Waals surface area contributed by atoms with Gasteiger partial charge in [-0.3, -0.25) is 24.0 Å². The molecule has 6 heterocycles. The van der Waals surface area contributed by atoms with Crippen molar-refractivity contribution in [3.05, 3.63) is 71.4 Å². The number of para-hydroxylation sites is 1. The van der Waals surface area contributed by atoms with E-state index in [0.717, 1.165) is 54.1 Å². The monoisotopic (exact) mass is 697 g/mol. The van der Waals surface area contributed by atoms with Crippen LogP contribution in [-0.4, -0.2) is 98.7 Å². The molecule has 4 aliphatic rings. The molecule has 8 rings (SSSR count). The van der Waals surface area contributed by atoms with Gasteiger partial charge in [-0.2, -0.15) is 5.10 Å². The maximum Gasteiger partial charge on any atom is 0.273 e. The third-order valence-electron chi connectivity index (χ3n) is 9.85. The van der Waals surface area contributed by atoms with Crippen LogP contribution in [0.25, 0.3) is 11.1 Å². The molecule has 3 aliphatic heterocycles. The largest absolute Gasteiger partial charge is 0.366 e. The molecule has 3 N–H and O–H groups in total. The van der Waals surface area contributed by atoms with Crippen molar-refractivity contribution in [2.75, 3.05) is 55.8 Å². The number of carbonyl (C=O) groups is 3. The maximum absolute atomic E-state index is 13.7. The first-order chi connectivity index (χ1) is 24.6. The Morgan fingerprint density at radius 3 is 2.57 bits per heavy atom. The molecule has 16 heteroatoms. The van der Waals surface area contributed by atoms with Crippen LogP contribution >= 0.6 is 0 Å². The fourth-order valence-electron chi connectivity index (χ4n) is 7.03. The number of aromatic nitrogens is 5. The molecular weight excluding hydrogens is 660 g/mol. The van der Waals surface area contributed by atoms with Crippen LogP contribution in [0.3, 0.4) is 0 Å². The Bertz CT molecular complexity index is 2040. The lowest BCUT2D eigenvalue weighted by molar-refractivity contribution is -0.117. The lowest BCUT2D eigenvalue weighted by atomic mass is 9.97. The Morgan fingerprint density at radius 1 is 1.02 bits per heavy atom. The van der Waals surface area contributed by atoms with Gasteiger partial charge in [-0.1, -0.05) is 18.2 Å². The van der Waals surface area contributed by atoms with Crippen molar-refractivity contribution in [3.63, 3.8) is 0 Å². The van der Waals surface area contributed by atoms with Crippen molar-refractivity contribution >= 4 is 40.6 Å². The number of halogens is 2. The third-order valence-corrected chi connectivity index (χ3v) is 9.85. The normalized spacial score (nSPS) is 18.1. The minimum absolute atomic E-state index is 0.0114. The first kappa shape index (κ1) is 32.7. The summed E-state index contributed by atoms with van der Waals surface area (Å²) in [7, 11) is 3.53. The first-order valence-corrected chi connectivity index (χ1v) is 17.0. The highest BCUT2D eigenvalue weighted by molar-refractivity contribution is 6.01. The van der Waals surface area contributed by atoms with E-state index in [2.05, 4.69) is 45.6 Å². The molecule has 2 saturated heterocycles. The predicted molar refractivity (Wildman–Crippen MR) is 184 cm³/mol. The molecule has 0 unspecified atom stereocenters. The molecule has 4 aromatic rings. The smallest absolute Gasteiger partial charge is 0.273 e. The van der Waals surface area contributed by atoms with Crippen molar-refractivity contribution in [1.82, 2.24) is 40.1 Å². The quantitative estimate of drug-likeness (QED) is 0.236. The summed E-state index contributed by atoms with van der Waals surface area (Å²) in [6, 6.07) is 12.9. The van der Waals surface area contributed by atoms with Crippen molar-refractivity contribution in [2.24, 2.45) is 5.92 Å². The number of pyridine rings is 1. The average Bonchev–Trinajstić information content (AvgIpc) is 3.78. The third kappa shape index (κ3) is 6.35. The number of hydrogen-bond acceptors (Lipinski definition) is 10. The van der Waals surface area contributed by atoms with Gasteiger partial charge in [-0.05, 0) is 31.0 Å². The molecule has 1 saturated carbocycles. The van der Waals surface area contributed by atoms with Crippen molar-refractivity contribution in [2.45, 2.75) is 44.3 Å². The summed E-state index contributed by atoms with van der Waals surface area (Å²) in [5, 5.41) is 21.8. The highest BCUT2D eigenvalue weighted by atomic mass is 19.3. The molecular formula is C35H37F2N11O3. The van der Waals surface area contributed by atoms with Crippen LogP contribution in [0.5, 0.6) is 0 Å². The van der Waals surface area contributed by atoms with Gasteiger partial charge >= 0.3 is 0 Å². The Hall–Kier alpha value is -5.51. The zero-order chi connectivity index (χ0) is 35.4. The van der Waals surface area contributed by atoms with Gasteiger partial charge in [0.2, 0.25) is 5.91 Å². The summed E-state index contributed by atoms with van der Waals surface area (Å²) in [6.45, 7) is 2.06. The summed E-state index contributed by atoms with van der Waals surface area (Å²) in [5.41, 5.74) is 6.18. The highest BCUT2D eigenvalue weighted by Crippen LogP contribution is 2.45. The van der Waals surface area contributed by atoms with Crippen molar-refractivity contribution in [1.29, 1.82) is 0 Å². The number of alkyl halides is 2. The van der Waals surface area contributed by atoms with E-state index in [1.165, 1.54) is 11.9 Å². The van der Waals surface area contributed by atoms with E-state index in [1.807, 2.05) is 37.5 Å². The number of nitrogens with one attached hydrogen (secondary N) is 3. The van der Waals surface area contributed by atoms with Gasteiger partial charge in [0.1, 0.15) is 5.69 Å². The molecule has 1 aliphatic carbocycles. The topological polar surface area (TPSA) is 154 Å². The average molecular weight is 698 g/mol. The van der Waals surface area contributed by atoms with Crippen LogP contribution in [-0.2, 0) is 17.9 Å². The molecule has 0 bridgehead atoms. The van der Waals surface area contributed by atoms with Gasteiger partial charge in [-0.25, -0.2) is 13.8 Å². The van der Waals surface area contributed by atoms with Gasteiger partial charge in [0.25, 0.3) is 17.7 Å². The summed E-state index contributed by atoms with van der Waals surface area (Å²) >= 11 is 0. The number of hydrogen-bond donors (Lipinski definition) is 3. The molecule has 1 aromatic carbocycles. The number of anilines is 4. The van der Waals surface area contributed by atoms with E-state index in [4.69, 9.17) is 5.10 Å². The van der Waals surface area contributed by atoms with E-state index >= 15 is 0 Å². The summed E-state index contributed by atoms with van der Waals surface area (Å²) in [6.07, 6.45) is 3.27. The van der Waals surface area contributed by atoms with Gasteiger partial charge in [0.05, 0.1) is 53.8 Å². The molecule has 51 heavy (non-hydrogen) atoms. The number of carbonyl (C=O) groups excluding carboxylic acids is 3. The first-order valence-electron chi connectivity index (χ1n) is 17.0. The van der Waals surface area contributed by atoms with Gasteiger partial charge in [0, 0.05) is 69.8 Å².